The molecule has 124 valence electrons. The van der Waals surface area contributed by atoms with Crippen LogP contribution in [-0.2, 0) is 10.0 Å². The second-order valence-corrected chi connectivity index (χ2v) is 7.52. The lowest BCUT2D eigenvalue weighted by Gasteiger charge is -2.12. The van der Waals surface area contributed by atoms with Crippen molar-refractivity contribution in [1.82, 2.24) is 4.72 Å². The van der Waals surface area contributed by atoms with E-state index < -0.39 is 10.0 Å². The Bertz CT molecular complexity index is 798. The first-order valence-electron chi connectivity index (χ1n) is 7.56. The lowest BCUT2D eigenvalue weighted by molar-refractivity contribution is 0.320. The van der Waals surface area contributed by atoms with Crippen molar-refractivity contribution in [2.45, 2.75) is 32.6 Å². The second-order valence-electron chi connectivity index (χ2n) is 5.78. The molecule has 0 amide bonds. The van der Waals surface area contributed by atoms with Crippen LogP contribution in [0.2, 0.25) is 0 Å². The molecule has 23 heavy (non-hydrogen) atoms. The van der Waals surface area contributed by atoms with E-state index in [1.54, 1.807) is 13.0 Å². The van der Waals surface area contributed by atoms with Crippen molar-refractivity contribution in [3.63, 3.8) is 0 Å². The highest BCUT2D eigenvalue weighted by Gasteiger charge is 2.16. The second kappa shape index (κ2) is 7.15. The SMILES string of the molecule is Cc1ccc(OCCNS(=O)(=O)c2cc(C)ccc2C)c(C)c1. The fraction of sp³-hybridized carbons (Fsp3) is 0.333. The maximum Gasteiger partial charge on any atom is 0.240 e. The number of aryl methyl sites for hydroxylation is 4. The number of sulfonamides is 1. The minimum Gasteiger partial charge on any atom is -0.492 e. The summed E-state index contributed by atoms with van der Waals surface area (Å²) >= 11 is 0. The van der Waals surface area contributed by atoms with Gasteiger partial charge in [0.25, 0.3) is 0 Å². The van der Waals surface area contributed by atoms with Gasteiger partial charge in [0, 0.05) is 6.54 Å². The minimum atomic E-state index is -3.51. The van der Waals surface area contributed by atoms with E-state index in [1.807, 2.05) is 51.1 Å². The van der Waals surface area contributed by atoms with Gasteiger partial charge in [-0.05, 0) is 56.5 Å². The zero-order chi connectivity index (χ0) is 17.0. The highest BCUT2D eigenvalue weighted by atomic mass is 32.2. The molecular weight excluding hydrogens is 310 g/mol. The highest BCUT2D eigenvalue weighted by Crippen LogP contribution is 2.19. The topological polar surface area (TPSA) is 55.4 Å². The molecule has 0 saturated heterocycles. The monoisotopic (exact) mass is 333 g/mol. The van der Waals surface area contributed by atoms with Gasteiger partial charge < -0.3 is 4.74 Å². The fourth-order valence-electron chi connectivity index (χ4n) is 2.37. The molecule has 0 aliphatic rings. The summed E-state index contributed by atoms with van der Waals surface area (Å²) in [6.45, 7) is 8.18. The maximum atomic E-state index is 12.4. The van der Waals surface area contributed by atoms with Gasteiger partial charge in [-0.2, -0.15) is 0 Å². The molecule has 0 atom stereocenters. The van der Waals surface area contributed by atoms with Gasteiger partial charge in [0.2, 0.25) is 10.0 Å². The van der Waals surface area contributed by atoms with Gasteiger partial charge in [-0.1, -0.05) is 29.8 Å². The first-order valence-corrected chi connectivity index (χ1v) is 9.05. The molecule has 0 aliphatic heterocycles. The van der Waals surface area contributed by atoms with E-state index >= 15 is 0 Å². The fourth-order valence-corrected chi connectivity index (χ4v) is 3.71. The molecule has 0 aromatic heterocycles. The van der Waals surface area contributed by atoms with Crippen LogP contribution < -0.4 is 9.46 Å². The third-order valence-corrected chi connectivity index (χ3v) is 5.22. The first-order chi connectivity index (χ1) is 10.8. The zero-order valence-corrected chi connectivity index (χ0v) is 14.8. The largest absolute Gasteiger partial charge is 0.492 e. The maximum absolute atomic E-state index is 12.4. The van der Waals surface area contributed by atoms with Crippen LogP contribution in [0, 0.1) is 27.7 Å². The van der Waals surface area contributed by atoms with E-state index in [1.165, 1.54) is 5.56 Å². The smallest absolute Gasteiger partial charge is 0.240 e. The molecule has 2 aromatic carbocycles. The quantitative estimate of drug-likeness (QED) is 0.826. The average Bonchev–Trinajstić information content (AvgIpc) is 2.48. The molecule has 0 saturated carbocycles. The molecule has 0 spiro atoms. The molecule has 0 radical (unpaired) electrons. The molecule has 2 rings (SSSR count). The Morgan fingerprint density at radius 3 is 2.26 bits per heavy atom. The van der Waals surface area contributed by atoms with E-state index in [4.69, 9.17) is 4.74 Å². The molecule has 0 fully saturated rings. The summed E-state index contributed by atoms with van der Waals surface area (Å²) in [5.41, 5.74) is 3.87. The van der Waals surface area contributed by atoms with Crippen LogP contribution in [0.1, 0.15) is 22.3 Å². The summed E-state index contributed by atoms with van der Waals surface area (Å²) in [4.78, 5) is 0.323. The first kappa shape index (κ1) is 17.5. The van der Waals surface area contributed by atoms with Gasteiger partial charge in [-0.15, -0.1) is 0 Å². The van der Waals surface area contributed by atoms with Crippen LogP contribution in [0.25, 0.3) is 0 Å². The molecule has 0 heterocycles. The molecule has 2 aromatic rings. The number of rotatable bonds is 6. The molecule has 5 heteroatoms. The lowest BCUT2D eigenvalue weighted by Crippen LogP contribution is -2.29. The highest BCUT2D eigenvalue weighted by molar-refractivity contribution is 7.89. The minimum absolute atomic E-state index is 0.225. The average molecular weight is 333 g/mol. The van der Waals surface area contributed by atoms with Gasteiger partial charge in [0.05, 0.1) is 4.90 Å². The van der Waals surface area contributed by atoms with E-state index in [-0.39, 0.29) is 13.2 Å². The number of hydrogen-bond donors (Lipinski definition) is 1. The van der Waals surface area contributed by atoms with E-state index in [0.29, 0.717) is 4.90 Å². The van der Waals surface area contributed by atoms with E-state index in [0.717, 1.165) is 22.4 Å². The molecular formula is C18H23NO3S. The summed E-state index contributed by atoms with van der Waals surface area (Å²) < 4.78 is 33.0. The van der Waals surface area contributed by atoms with Crippen LogP contribution >= 0.6 is 0 Å². The van der Waals surface area contributed by atoms with Gasteiger partial charge in [-0.3, -0.25) is 0 Å². The van der Waals surface area contributed by atoms with Crippen LogP contribution in [0.15, 0.2) is 41.3 Å². The van der Waals surface area contributed by atoms with Crippen LogP contribution in [0.4, 0.5) is 0 Å². The predicted octanol–water partition coefficient (Wildman–Crippen LogP) is 3.28. The van der Waals surface area contributed by atoms with Gasteiger partial charge in [-0.25, -0.2) is 13.1 Å². The van der Waals surface area contributed by atoms with Crippen molar-refractivity contribution in [3.05, 3.63) is 58.7 Å². The summed E-state index contributed by atoms with van der Waals surface area (Å²) in [5.74, 6) is 0.779. The summed E-state index contributed by atoms with van der Waals surface area (Å²) in [5, 5.41) is 0. The predicted molar refractivity (Wildman–Crippen MR) is 92.5 cm³/mol. The summed E-state index contributed by atoms with van der Waals surface area (Å²) in [6.07, 6.45) is 0. The molecule has 1 N–H and O–H groups in total. The van der Waals surface area contributed by atoms with Crippen molar-refractivity contribution in [2.24, 2.45) is 0 Å². The Balaban J connectivity index is 1.96. The van der Waals surface area contributed by atoms with Crippen LogP contribution in [0.3, 0.4) is 0 Å². The van der Waals surface area contributed by atoms with Gasteiger partial charge in [0.1, 0.15) is 12.4 Å². The van der Waals surface area contributed by atoms with Crippen molar-refractivity contribution < 1.29 is 13.2 Å². The van der Waals surface area contributed by atoms with Crippen LogP contribution in [0.5, 0.6) is 5.75 Å². The normalized spacial score (nSPS) is 11.5. The van der Waals surface area contributed by atoms with Gasteiger partial charge in [0.15, 0.2) is 0 Å². The number of ether oxygens (including phenoxy) is 1. The third kappa shape index (κ3) is 4.56. The van der Waals surface area contributed by atoms with Gasteiger partial charge >= 0.3 is 0 Å². The Kier molecular flexibility index (Phi) is 5.44. The van der Waals surface area contributed by atoms with Crippen molar-refractivity contribution in [1.29, 1.82) is 0 Å². The number of benzene rings is 2. The molecule has 0 unspecified atom stereocenters. The number of nitrogens with one attached hydrogen (secondary N) is 1. The van der Waals surface area contributed by atoms with Crippen molar-refractivity contribution >= 4 is 10.0 Å². The van der Waals surface area contributed by atoms with E-state index in [2.05, 4.69) is 4.72 Å². The third-order valence-electron chi connectivity index (χ3n) is 3.62. The van der Waals surface area contributed by atoms with Crippen molar-refractivity contribution in [2.75, 3.05) is 13.2 Å². The standard InChI is InChI=1S/C18H23NO3S/c1-13-6-8-17(16(4)11-13)22-10-9-19-23(20,21)18-12-14(2)5-7-15(18)3/h5-8,11-12,19H,9-10H2,1-4H3. The molecule has 0 aliphatic carbocycles. The number of hydrogen-bond acceptors (Lipinski definition) is 3. The van der Waals surface area contributed by atoms with Crippen LogP contribution in [-0.4, -0.2) is 21.6 Å². The Morgan fingerprint density at radius 1 is 0.913 bits per heavy atom. The molecule has 0 bridgehead atoms. The Labute approximate surface area is 138 Å². The summed E-state index contributed by atoms with van der Waals surface area (Å²) in [7, 11) is -3.51. The molecule has 4 nitrogen and oxygen atoms in total. The summed E-state index contributed by atoms with van der Waals surface area (Å²) in [6, 6.07) is 11.3. The lowest BCUT2D eigenvalue weighted by atomic mass is 10.1. The Hall–Kier alpha value is -1.85. The van der Waals surface area contributed by atoms with E-state index in [9.17, 15) is 8.42 Å². The Morgan fingerprint density at radius 2 is 1.57 bits per heavy atom. The zero-order valence-electron chi connectivity index (χ0n) is 14.0. The van der Waals surface area contributed by atoms with Crippen molar-refractivity contribution in [3.8, 4) is 5.75 Å².